The lowest BCUT2D eigenvalue weighted by molar-refractivity contribution is -0.139. The first-order chi connectivity index (χ1) is 17.3. The van der Waals surface area contributed by atoms with Gasteiger partial charge >= 0.3 is 11.9 Å². The van der Waals surface area contributed by atoms with Crippen LogP contribution in [0.1, 0.15) is 37.9 Å². The molecule has 2 aromatic carbocycles. The molecule has 1 aliphatic heterocycles. The second kappa shape index (κ2) is 12.5. The highest BCUT2D eigenvalue weighted by atomic mass is 32.1. The first kappa shape index (κ1) is 26.4. The SMILES string of the molecule is CCOC(=O)C1=C(C)NC(=S)N[C@H]1c1ccccc1OCC(=O)NN=Cc1ccccc1OC(C)=O. The minimum Gasteiger partial charge on any atom is -0.483 e. The van der Waals surface area contributed by atoms with E-state index in [4.69, 9.17) is 26.4 Å². The second-order valence-corrected chi connectivity index (χ2v) is 7.95. The van der Waals surface area contributed by atoms with Crippen molar-refractivity contribution in [3.05, 3.63) is 70.9 Å². The van der Waals surface area contributed by atoms with Crippen molar-refractivity contribution in [1.29, 1.82) is 0 Å². The van der Waals surface area contributed by atoms with Gasteiger partial charge in [0, 0.05) is 23.7 Å². The molecule has 0 radical (unpaired) electrons. The summed E-state index contributed by atoms with van der Waals surface area (Å²) in [6, 6.07) is 13.1. The minimum absolute atomic E-state index is 0.219. The van der Waals surface area contributed by atoms with Crippen LogP contribution >= 0.6 is 12.2 Å². The predicted octanol–water partition coefficient (Wildman–Crippen LogP) is 2.50. The maximum atomic E-state index is 12.6. The van der Waals surface area contributed by atoms with Crippen LogP contribution < -0.4 is 25.5 Å². The third-order valence-electron chi connectivity index (χ3n) is 4.92. The highest BCUT2D eigenvalue weighted by Crippen LogP contribution is 2.33. The van der Waals surface area contributed by atoms with Crippen molar-refractivity contribution >= 4 is 41.4 Å². The number of benzene rings is 2. The van der Waals surface area contributed by atoms with E-state index < -0.39 is 23.9 Å². The number of carbonyl (C=O) groups excluding carboxylic acids is 3. The number of hydrazone groups is 1. The summed E-state index contributed by atoms with van der Waals surface area (Å²) < 4.78 is 16.1. The maximum absolute atomic E-state index is 12.6. The zero-order chi connectivity index (χ0) is 26.1. The van der Waals surface area contributed by atoms with Crippen LogP contribution in [0.4, 0.5) is 0 Å². The molecule has 1 aliphatic rings. The van der Waals surface area contributed by atoms with E-state index in [0.29, 0.717) is 39.0 Å². The van der Waals surface area contributed by atoms with E-state index in [-0.39, 0.29) is 13.2 Å². The van der Waals surface area contributed by atoms with Crippen LogP contribution in [-0.4, -0.2) is 42.4 Å². The Kier molecular flexibility index (Phi) is 9.12. The highest BCUT2D eigenvalue weighted by molar-refractivity contribution is 7.80. The smallest absolute Gasteiger partial charge is 0.338 e. The molecule has 0 spiro atoms. The molecule has 3 rings (SSSR count). The fraction of sp³-hybridized carbons (Fsp3) is 0.240. The molecule has 0 aliphatic carbocycles. The van der Waals surface area contributed by atoms with Crippen LogP contribution in [0.5, 0.6) is 11.5 Å². The topological polar surface area (TPSA) is 127 Å². The summed E-state index contributed by atoms with van der Waals surface area (Å²) in [4.78, 5) is 36.2. The van der Waals surface area contributed by atoms with Gasteiger partial charge in [-0.1, -0.05) is 30.3 Å². The standard InChI is InChI=1S/C25H26N4O6S/c1-4-33-24(32)22-15(2)27-25(36)28-23(22)18-10-6-8-12-20(18)34-14-21(31)29-26-13-17-9-5-7-11-19(17)35-16(3)30/h5-13,23H,4,14H2,1-3H3,(H,29,31)(H2,27,28,36)/t23-/m0/s1. The van der Waals surface area contributed by atoms with E-state index in [1.54, 1.807) is 62.4 Å². The van der Waals surface area contributed by atoms with Crippen LogP contribution in [0, 0.1) is 0 Å². The zero-order valence-corrected chi connectivity index (χ0v) is 20.8. The summed E-state index contributed by atoms with van der Waals surface area (Å²) in [5.41, 5.74) is 4.43. The Bertz CT molecular complexity index is 1230. The fourth-order valence-electron chi connectivity index (χ4n) is 3.44. The largest absolute Gasteiger partial charge is 0.483 e. The van der Waals surface area contributed by atoms with E-state index in [0.717, 1.165) is 0 Å². The third kappa shape index (κ3) is 6.89. The van der Waals surface area contributed by atoms with Gasteiger partial charge in [0.05, 0.1) is 24.4 Å². The van der Waals surface area contributed by atoms with Crippen molar-refractivity contribution in [2.45, 2.75) is 26.8 Å². The average molecular weight is 511 g/mol. The molecule has 0 saturated carbocycles. The molecular formula is C25H26N4O6S. The van der Waals surface area contributed by atoms with Crippen LogP contribution in [0.25, 0.3) is 0 Å². The van der Waals surface area contributed by atoms with E-state index >= 15 is 0 Å². The molecule has 0 unspecified atom stereocenters. The van der Waals surface area contributed by atoms with E-state index in [2.05, 4.69) is 21.2 Å². The highest BCUT2D eigenvalue weighted by Gasteiger charge is 2.32. The number of rotatable bonds is 9. The lowest BCUT2D eigenvalue weighted by Crippen LogP contribution is -2.45. The Morgan fingerprint density at radius 1 is 1.11 bits per heavy atom. The van der Waals surface area contributed by atoms with Gasteiger partial charge in [-0.2, -0.15) is 5.10 Å². The lowest BCUT2D eigenvalue weighted by atomic mass is 9.95. The number of esters is 2. The summed E-state index contributed by atoms with van der Waals surface area (Å²) in [6.45, 7) is 4.64. The molecular weight excluding hydrogens is 484 g/mol. The Labute approximate surface area is 213 Å². The molecule has 0 bridgehead atoms. The molecule has 0 aromatic heterocycles. The van der Waals surface area contributed by atoms with Gasteiger partial charge in [-0.3, -0.25) is 9.59 Å². The summed E-state index contributed by atoms with van der Waals surface area (Å²) in [6.07, 6.45) is 1.36. The van der Waals surface area contributed by atoms with Gasteiger partial charge in [0.2, 0.25) is 0 Å². The number of carbonyl (C=O) groups is 3. The molecule has 1 atom stereocenters. The van der Waals surface area contributed by atoms with Crippen LogP contribution in [0.15, 0.2) is 64.9 Å². The number of para-hydroxylation sites is 2. The van der Waals surface area contributed by atoms with Gasteiger partial charge in [-0.25, -0.2) is 10.2 Å². The Balaban J connectivity index is 1.70. The molecule has 11 heteroatoms. The first-order valence-corrected chi connectivity index (χ1v) is 11.5. The molecule has 10 nitrogen and oxygen atoms in total. The Hall–Kier alpha value is -4.25. The zero-order valence-electron chi connectivity index (χ0n) is 20.0. The molecule has 0 fully saturated rings. The van der Waals surface area contributed by atoms with Gasteiger partial charge in [0.1, 0.15) is 11.5 Å². The normalized spacial score (nSPS) is 15.1. The molecule has 1 heterocycles. The number of nitrogens with zero attached hydrogens (tertiary/aromatic N) is 1. The Morgan fingerprint density at radius 2 is 1.81 bits per heavy atom. The van der Waals surface area contributed by atoms with Gasteiger partial charge < -0.3 is 24.8 Å². The summed E-state index contributed by atoms with van der Waals surface area (Å²) in [7, 11) is 0. The molecule has 0 saturated heterocycles. The number of allylic oxidation sites excluding steroid dienone is 1. The summed E-state index contributed by atoms with van der Waals surface area (Å²) in [5.74, 6) is -0.766. The number of hydrogen-bond acceptors (Lipinski definition) is 8. The van der Waals surface area contributed by atoms with Gasteiger partial charge in [-0.05, 0) is 44.3 Å². The monoisotopic (exact) mass is 510 g/mol. The first-order valence-electron chi connectivity index (χ1n) is 11.1. The molecule has 188 valence electrons. The van der Waals surface area contributed by atoms with Crippen LogP contribution in [-0.2, 0) is 19.1 Å². The number of amides is 1. The quantitative estimate of drug-likeness (QED) is 0.153. The molecule has 36 heavy (non-hydrogen) atoms. The van der Waals surface area contributed by atoms with Crippen LogP contribution in [0.3, 0.4) is 0 Å². The molecule has 3 N–H and O–H groups in total. The van der Waals surface area contributed by atoms with E-state index in [1.165, 1.54) is 13.1 Å². The molecule has 1 amide bonds. The van der Waals surface area contributed by atoms with Crippen molar-refractivity contribution < 1.29 is 28.6 Å². The predicted molar refractivity (Wildman–Crippen MR) is 136 cm³/mol. The van der Waals surface area contributed by atoms with Crippen molar-refractivity contribution in [2.24, 2.45) is 5.10 Å². The van der Waals surface area contributed by atoms with Crippen molar-refractivity contribution in [3.8, 4) is 11.5 Å². The van der Waals surface area contributed by atoms with Crippen molar-refractivity contribution in [3.63, 3.8) is 0 Å². The Morgan fingerprint density at radius 3 is 2.53 bits per heavy atom. The lowest BCUT2D eigenvalue weighted by Gasteiger charge is -2.30. The van der Waals surface area contributed by atoms with Gasteiger partial charge in [0.25, 0.3) is 5.91 Å². The van der Waals surface area contributed by atoms with Gasteiger partial charge in [0.15, 0.2) is 11.7 Å². The summed E-state index contributed by atoms with van der Waals surface area (Å²) in [5, 5.41) is 10.3. The average Bonchev–Trinajstić information content (AvgIpc) is 2.83. The number of hydrogen-bond donors (Lipinski definition) is 3. The minimum atomic E-state index is -0.632. The third-order valence-corrected chi connectivity index (χ3v) is 5.14. The van der Waals surface area contributed by atoms with E-state index in [9.17, 15) is 14.4 Å². The van der Waals surface area contributed by atoms with Crippen LogP contribution in [0.2, 0.25) is 0 Å². The van der Waals surface area contributed by atoms with Crippen molar-refractivity contribution in [2.75, 3.05) is 13.2 Å². The number of ether oxygens (including phenoxy) is 3. The summed E-state index contributed by atoms with van der Waals surface area (Å²) >= 11 is 5.28. The van der Waals surface area contributed by atoms with Gasteiger partial charge in [-0.15, -0.1) is 0 Å². The number of nitrogens with one attached hydrogen (secondary N) is 3. The second-order valence-electron chi connectivity index (χ2n) is 7.54. The van der Waals surface area contributed by atoms with Crippen molar-refractivity contribution in [1.82, 2.24) is 16.1 Å². The van der Waals surface area contributed by atoms with E-state index in [1.807, 2.05) is 0 Å². The number of thiocarbonyl (C=S) groups is 1. The fourth-order valence-corrected chi connectivity index (χ4v) is 3.71. The maximum Gasteiger partial charge on any atom is 0.338 e. The molecule has 2 aromatic rings.